The first-order chi connectivity index (χ1) is 7.96. The molecule has 2 aliphatic rings. The van der Waals surface area contributed by atoms with E-state index in [0.717, 1.165) is 19.5 Å². The van der Waals surface area contributed by atoms with Crippen LogP contribution in [0.4, 0.5) is 0 Å². The number of hydrogen-bond acceptors (Lipinski definition) is 2. The Labute approximate surface area is 104 Å². The van der Waals surface area contributed by atoms with Gasteiger partial charge in [0.2, 0.25) is 0 Å². The maximum atomic E-state index is 10.7. The van der Waals surface area contributed by atoms with Crippen molar-refractivity contribution in [2.45, 2.75) is 58.4 Å². The van der Waals surface area contributed by atoms with Crippen molar-refractivity contribution in [2.24, 2.45) is 11.3 Å². The molecule has 2 fully saturated rings. The SMILES string of the molecule is CC1(C)CCCC(N2CCC(CC(=O)O)C2)C1. The Morgan fingerprint density at radius 1 is 1.41 bits per heavy atom. The molecular formula is C14H25NO2. The first-order valence-electron chi connectivity index (χ1n) is 6.92. The Bertz CT molecular complexity index is 288. The number of hydrogen-bond donors (Lipinski definition) is 1. The molecule has 0 aromatic carbocycles. The lowest BCUT2D eigenvalue weighted by Crippen LogP contribution is -2.39. The minimum absolute atomic E-state index is 0.354. The molecule has 1 aliphatic heterocycles. The van der Waals surface area contributed by atoms with Crippen molar-refractivity contribution in [3.05, 3.63) is 0 Å². The molecule has 3 heteroatoms. The van der Waals surface area contributed by atoms with E-state index in [4.69, 9.17) is 5.11 Å². The third-order valence-electron chi connectivity index (χ3n) is 4.48. The molecule has 0 radical (unpaired) electrons. The van der Waals surface area contributed by atoms with E-state index >= 15 is 0 Å². The maximum absolute atomic E-state index is 10.7. The summed E-state index contributed by atoms with van der Waals surface area (Å²) in [6.45, 7) is 6.85. The summed E-state index contributed by atoms with van der Waals surface area (Å²) in [6.07, 6.45) is 6.69. The van der Waals surface area contributed by atoms with Gasteiger partial charge >= 0.3 is 5.97 Å². The molecule has 1 aliphatic carbocycles. The molecule has 0 bridgehead atoms. The van der Waals surface area contributed by atoms with Crippen LogP contribution in [0.1, 0.15) is 52.4 Å². The van der Waals surface area contributed by atoms with Crippen LogP contribution in [-0.4, -0.2) is 35.1 Å². The molecule has 1 saturated carbocycles. The van der Waals surface area contributed by atoms with E-state index < -0.39 is 5.97 Å². The largest absolute Gasteiger partial charge is 0.481 e. The van der Waals surface area contributed by atoms with Gasteiger partial charge in [-0.15, -0.1) is 0 Å². The number of carboxylic acids is 1. The Balaban J connectivity index is 1.85. The van der Waals surface area contributed by atoms with Crippen LogP contribution in [0, 0.1) is 11.3 Å². The van der Waals surface area contributed by atoms with E-state index in [1.54, 1.807) is 0 Å². The predicted octanol–water partition coefficient (Wildman–Crippen LogP) is 2.75. The van der Waals surface area contributed by atoms with Crippen molar-refractivity contribution in [1.82, 2.24) is 4.90 Å². The van der Waals surface area contributed by atoms with Crippen LogP contribution in [-0.2, 0) is 4.79 Å². The lowest BCUT2D eigenvalue weighted by molar-refractivity contribution is -0.138. The fraction of sp³-hybridized carbons (Fsp3) is 0.929. The molecule has 2 unspecified atom stereocenters. The summed E-state index contributed by atoms with van der Waals surface area (Å²) >= 11 is 0. The summed E-state index contributed by atoms with van der Waals surface area (Å²) < 4.78 is 0. The molecule has 17 heavy (non-hydrogen) atoms. The highest BCUT2D eigenvalue weighted by atomic mass is 16.4. The summed E-state index contributed by atoms with van der Waals surface area (Å²) in [5.74, 6) is -0.252. The van der Waals surface area contributed by atoms with Gasteiger partial charge in [0, 0.05) is 19.0 Å². The number of nitrogens with zero attached hydrogens (tertiary/aromatic N) is 1. The third-order valence-corrected chi connectivity index (χ3v) is 4.48. The molecule has 2 rings (SSSR count). The van der Waals surface area contributed by atoms with Crippen LogP contribution in [0.15, 0.2) is 0 Å². The van der Waals surface area contributed by atoms with Crippen LogP contribution in [0.2, 0.25) is 0 Å². The zero-order valence-corrected chi connectivity index (χ0v) is 11.1. The van der Waals surface area contributed by atoms with Crippen LogP contribution >= 0.6 is 0 Å². The van der Waals surface area contributed by atoms with Crippen molar-refractivity contribution in [1.29, 1.82) is 0 Å². The zero-order valence-electron chi connectivity index (χ0n) is 11.1. The minimum atomic E-state index is -0.638. The summed E-state index contributed by atoms with van der Waals surface area (Å²) in [7, 11) is 0. The predicted molar refractivity (Wildman–Crippen MR) is 68.0 cm³/mol. The van der Waals surface area contributed by atoms with Gasteiger partial charge in [0.25, 0.3) is 0 Å². The average Bonchev–Trinajstić information content (AvgIpc) is 2.63. The van der Waals surface area contributed by atoms with E-state index in [0.29, 0.717) is 23.8 Å². The topological polar surface area (TPSA) is 40.5 Å². The van der Waals surface area contributed by atoms with E-state index in [-0.39, 0.29) is 0 Å². The number of carbonyl (C=O) groups is 1. The van der Waals surface area contributed by atoms with Crippen molar-refractivity contribution >= 4 is 5.97 Å². The lowest BCUT2D eigenvalue weighted by atomic mass is 9.75. The fourth-order valence-corrected chi connectivity index (χ4v) is 3.58. The highest BCUT2D eigenvalue weighted by molar-refractivity contribution is 5.67. The van der Waals surface area contributed by atoms with Crippen molar-refractivity contribution < 1.29 is 9.90 Å². The van der Waals surface area contributed by atoms with Crippen LogP contribution in [0.3, 0.4) is 0 Å². The van der Waals surface area contributed by atoms with Gasteiger partial charge in [-0.05, 0) is 43.6 Å². The van der Waals surface area contributed by atoms with Gasteiger partial charge in [-0.25, -0.2) is 0 Å². The molecule has 1 heterocycles. The molecule has 1 N–H and O–H groups in total. The Kier molecular flexibility index (Phi) is 3.76. The number of aliphatic carboxylic acids is 1. The molecule has 98 valence electrons. The Hall–Kier alpha value is -0.570. The molecule has 1 saturated heterocycles. The summed E-state index contributed by atoms with van der Waals surface area (Å²) in [5.41, 5.74) is 0.480. The first-order valence-corrected chi connectivity index (χ1v) is 6.92. The molecule has 0 aromatic rings. The van der Waals surface area contributed by atoms with Gasteiger partial charge in [0.1, 0.15) is 0 Å². The monoisotopic (exact) mass is 239 g/mol. The minimum Gasteiger partial charge on any atom is -0.481 e. The number of carboxylic acid groups (broad SMARTS) is 1. The molecular weight excluding hydrogens is 214 g/mol. The first kappa shape index (κ1) is 12.9. The van der Waals surface area contributed by atoms with Gasteiger partial charge in [-0.2, -0.15) is 0 Å². The van der Waals surface area contributed by atoms with E-state index in [1.165, 1.54) is 25.7 Å². The van der Waals surface area contributed by atoms with E-state index in [9.17, 15) is 4.79 Å². The molecule has 3 nitrogen and oxygen atoms in total. The number of rotatable bonds is 3. The molecule has 0 amide bonds. The lowest BCUT2D eigenvalue weighted by Gasteiger charge is -2.39. The maximum Gasteiger partial charge on any atom is 0.303 e. The molecule has 0 spiro atoms. The number of likely N-dealkylation sites (tertiary alicyclic amines) is 1. The summed E-state index contributed by atoms with van der Waals surface area (Å²) in [4.78, 5) is 13.3. The van der Waals surface area contributed by atoms with Gasteiger partial charge in [0.05, 0.1) is 0 Å². The van der Waals surface area contributed by atoms with Crippen LogP contribution < -0.4 is 0 Å². The smallest absolute Gasteiger partial charge is 0.303 e. The van der Waals surface area contributed by atoms with E-state index in [2.05, 4.69) is 18.7 Å². The quantitative estimate of drug-likeness (QED) is 0.823. The molecule has 0 aromatic heterocycles. The fourth-order valence-electron chi connectivity index (χ4n) is 3.58. The summed E-state index contributed by atoms with van der Waals surface area (Å²) in [5, 5.41) is 8.84. The van der Waals surface area contributed by atoms with Gasteiger partial charge in [-0.3, -0.25) is 4.79 Å². The zero-order chi connectivity index (χ0) is 12.5. The van der Waals surface area contributed by atoms with Gasteiger partial charge in [0.15, 0.2) is 0 Å². The van der Waals surface area contributed by atoms with Crippen LogP contribution in [0.5, 0.6) is 0 Å². The van der Waals surface area contributed by atoms with Crippen molar-refractivity contribution in [2.75, 3.05) is 13.1 Å². The van der Waals surface area contributed by atoms with E-state index in [1.807, 2.05) is 0 Å². The average molecular weight is 239 g/mol. The summed E-state index contributed by atoms with van der Waals surface area (Å²) in [6, 6.07) is 0.706. The standard InChI is InChI=1S/C14H25NO2/c1-14(2)6-3-4-12(9-14)15-7-5-11(10-15)8-13(16)17/h11-12H,3-10H2,1-2H3,(H,16,17). The highest BCUT2D eigenvalue weighted by Crippen LogP contribution is 2.38. The highest BCUT2D eigenvalue weighted by Gasteiger charge is 2.35. The van der Waals surface area contributed by atoms with Crippen molar-refractivity contribution in [3.63, 3.8) is 0 Å². The molecule has 2 atom stereocenters. The van der Waals surface area contributed by atoms with Crippen molar-refractivity contribution in [3.8, 4) is 0 Å². The second kappa shape index (κ2) is 4.97. The third kappa shape index (κ3) is 3.44. The Morgan fingerprint density at radius 2 is 2.18 bits per heavy atom. The normalized spacial score (nSPS) is 33.8. The van der Waals surface area contributed by atoms with Gasteiger partial charge < -0.3 is 10.0 Å². The van der Waals surface area contributed by atoms with Crippen LogP contribution in [0.25, 0.3) is 0 Å². The Morgan fingerprint density at radius 3 is 2.82 bits per heavy atom. The second-order valence-corrected chi connectivity index (χ2v) is 6.66. The van der Waals surface area contributed by atoms with Gasteiger partial charge in [-0.1, -0.05) is 20.3 Å². The second-order valence-electron chi connectivity index (χ2n) is 6.66.